The van der Waals surface area contributed by atoms with Crippen molar-refractivity contribution in [3.8, 4) is 0 Å². The highest BCUT2D eigenvalue weighted by Gasteiger charge is 2.50. The fourth-order valence-electron chi connectivity index (χ4n) is 3.67. The summed E-state index contributed by atoms with van der Waals surface area (Å²) in [6.07, 6.45) is 4.56. The lowest BCUT2D eigenvalue weighted by atomic mass is 9.90. The fourth-order valence-corrected chi connectivity index (χ4v) is 3.85. The number of rotatable bonds is 7. The normalized spacial score (nSPS) is 18.2. The molecule has 6 heteroatoms. The minimum Gasteiger partial charge on any atom is -0.465 e. The van der Waals surface area contributed by atoms with Gasteiger partial charge in [-0.05, 0) is 54.5 Å². The molecule has 1 N–H and O–H groups in total. The molecule has 0 saturated heterocycles. The molecule has 1 amide bonds. The van der Waals surface area contributed by atoms with Crippen LogP contribution in [0.4, 0.5) is 5.69 Å². The molecular formula is C24H20ClNO4. The average Bonchev–Trinajstić information content (AvgIpc) is 3.33. The number of carbonyl (C=O) groups excluding carboxylic acids is 2. The van der Waals surface area contributed by atoms with Gasteiger partial charge in [0.1, 0.15) is 5.76 Å². The van der Waals surface area contributed by atoms with Gasteiger partial charge in [-0.25, -0.2) is 0 Å². The number of nitrogens with zero attached hydrogens (tertiary/aromatic N) is 1. The quantitative estimate of drug-likeness (QED) is 0.574. The standard InChI is InChI=1S/C24H20ClNO4/c25-18-8-11-22-21(15-18)24(29,16-19(27)9-10-20-7-4-14-30-20)23(28)26(22)13-12-17-5-2-1-3-6-17/h1-11,14-15,29H,12-13,16H2. The number of benzene rings is 2. The summed E-state index contributed by atoms with van der Waals surface area (Å²) in [7, 11) is 0. The van der Waals surface area contributed by atoms with E-state index in [0.29, 0.717) is 35.0 Å². The van der Waals surface area contributed by atoms with Gasteiger partial charge in [-0.15, -0.1) is 0 Å². The van der Waals surface area contributed by atoms with Crippen LogP contribution < -0.4 is 4.90 Å². The molecule has 30 heavy (non-hydrogen) atoms. The van der Waals surface area contributed by atoms with Crippen LogP contribution in [0.1, 0.15) is 23.3 Å². The van der Waals surface area contributed by atoms with Crippen LogP contribution >= 0.6 is 11.6 Å². The molecule has 152 valence electrons. The van der Waals surface area contributed by atoms with Gasteiger partial charge < -0.3 is 14.4 Å². The number of allylic oxidation sites excluding steroid dienone is 1. The van der Waals surface area contributed by atoms with Crippen molar-refractivity contribution in [2.45, 2.75) is 18.4 Å². The summed E-state index contributed by atoms with van der Waals surface area (Å²) in [4.78, 5) is 27.3. The van der Waals surface area contributed by atoms with Gasteiger partial charge in [-0.1, -0.05) is 41.9 Å². The first-order valence-electron chi connectivity index (χ1n) is 9.60. The molecule has 1 aliphatic rings. The number of amides is 1. The van der Waals surface area contributed by atoms with Crippen molar-refractivity contribution in [1.82, 2.24) is 0 Å². The summed E-state index contributed by atoms with van der Waals surface area (Å²) in [5.41, 5.74) is 0.0498. The molecule has 0 spiro atoms. The van der Waals surface area contributed by atoms with Crippen molar-refractivity contribution in [1.29, 1.82) is 0 Å². The number of halogens is 1. The van der Waals surface area contributed by atoms with Crippen LogP contribution in [0.2, 0.25) is 5.02 Å². The maximum Gasteiger partial charge on any atom is 0.264 e. The van der Waals surface area contributed by atoms with Crippen molar-refractivity contribution in [2.24, 2.45) is 0 Å². The summed E-state index contributed by atoms with van der Waals surface area (Å²) in [5.74, 6) is -0.394. The van der Waals surface area contributed by atoms with Crippen molar-refractivity contribution >= 4 is 35.1 Å². The monoisotopic (exact) mass is 421 g/mol. The zero-order chi connectivity index (χ0) is 21.1. The highest BCUT2D eigenvalue weighted by Crippen LogP contribution is 2.43. The first kappa shape index (κ1) is 20.1. The number of aliphatic hydroxyl groups is 1. The summed E-state index contributed by atoms with van der Waals surface area (Å²) in [6, 6.07) is 18.1. The number of hydrogen-bond donors (Lipinski definition) is 1. The van der Waals surface area contributed by atoms with E-state index in [1.54, 1.807) is 30.3 Å². The number of hydrogen-bond acceptors (Lipinski definition) is 4. The first-order chi connectivity index (χ1) is 14.5. The minimum absolute atomic E-state index is 0.354. The second-order valence-corrected chi connectivity index (χ2v) is 7.64. The van der Waals surface area contributed by atoms with Crippen LogP contribution in [-0.4, -0.2) is 23.3 Å². The summed E-state index contributed by atoms with van der Waals surface area (Å²) in [5, 5.41) is 11.7. The number of anilines is 1. The average molecular weight is 422 g/mol. The molecule has 2 heterocycles. The molecule has 1 aromatic heterocycles. The van der Waals surface area contributed by atoms with Gasteiger partial charge in [0.2, 0.25) is 0 Å². The molecule has 3 aromatic rings. The van der Waals surface area contributed by atoms with E-state index < -0.39 is 17.3 Å². The van der Waals surface area contributed by atoms with Gasteiger partial charge in [-0.3, -0.25) is 9.59 Å². The Labute approximate surface area is 179 Å². The molecule has 1 aliphatic heterocycles. The van der Waals surface area contributed by atoms with E-state index in [9.17, 15) is 14.7 Å². The summed E-state index contributed by atoms with van der Waals surface area (Å²) < 4.78 is 5.17. The maximum absolute atomic E-state index is 13.2. The van der Waals surface area contributed by atoms with E-state index >= 15 is 0 Å². The highest BCUT2D eigenvalue weighted by atomic mass is 35.5. The zero-order valence-electron chi connectivity index (χ0n) is 16.1. The molecule has 4 rings (SSSR count). The van der Waals surface area contributed by atoms with Crippen molar-refractivity contribution < 1.29 is 19.1 Å². The van der Waals surface area contributed by atoms with Crippen molar-refractivity contribution in [3.05, 3.63) is 94.9 Å². The molecule has 0 fully saturated rings. The molecule has 0 saturated carbocycles. The van der Waals surface area contributed by atoms with Crippen molar-refractivity contribution in [2.75, 3.05) is 11.4 Å². The zero-order valence-corrected chi connectivity index (χ0v) is 16.9. The van der Waals surface area contributed by atoms with Crippen LogP contribution in [0.15, 0.2) is 77.4 Å². The van der Waals surface area contributed by atoms with E-state index in [-0.39, 0.29) is 6.42 Å². The van der Waals surface area contributed by atoms with E-state index in [0.717, 1.165) is 5.56 Å². The number of ketones is 1. The Morgan fingerprint density at radius 1 is 1.13 bits per heavy atom. The molecule has 0 radical (unpaired) electrons. The molecule has 0 bridgehead atoms. The summed E-state index contributed by atoms with van der Waals surface area (Å²) >= 11 is 6.13. The molecule has 1 unspecified atom stereocenters. The molecule has 5 nitrogen and oxygen atoms in total. The van der Waals surface area contributed by atoms with Crippen molar-refractivity contribution in [3.63, 3.8) is 0 Å². The Kier molecular flexibility index (Phi) is 5.57. The Morgan fingerprint density at radius 3 is 2.67 bits per heavy atom. The lowest BCUT2D eigenvalue weighted by Gasteiger charge is -2.22. The third kappa shape index (κ3) is 3.95. The Morgan fingerprint density at radius 2 is 1.93 bits per heavy atom. The molecule has 2 aromatic carbocycles. The second kappa shape index (κ2) is 8.30. The number of furan rings is 1. The predicted molar refractivity (Wildman–Crippen MR) is 115 cm³/mol. The van der Waals surface area contributed by atoms with E-state index in [1.807, 2.05) is 30.3 Å². The van der Waals surface area contributed by atoms with E-state index in [2.05, 4.69) is 0 Å². The van der Waals surface area contributed by atoms with Gasteiger partial charge >= 0.3 is 0 Å². The van der Waals surface area contributed by atoms with Gasteiger partial charge in [0.05, 0.1) is 18.4 Å². The Bertz CT molecular complexity index is 1090. The third-order valence-corrected chi connectivity index (χ3v) is 5.40. The second-order valence-electron chi connectivity index (χ2n) is 7.21. The van der Waals surface area contributed by atoms with E-state index in [1.165, 1.54) is 23.3 Å². The lowest BCUT2D eigenvalue weighted by Crippen LogP contribution is -2.42. The largest absolute Gasteiger partial charge is 0.465 e. The molecular weight excluding hydrogens is 402 g/mol. The van der Waals surface area contributed by atoms with Crippen LogP contribution in [0, 0.1) is 0 Å². The fraction of sp³-hybridized carbons (Fsp3) is 0.167. The number of fused-ring (bicyclic) bond motifs is 1. The lowest BCUT2D eigenvalue weighted by molar-refractivity contribution is -0.140. The van der Waals surface area contributed by atoms with Gasteiger partial charge in [0.25, 0.3) is 5.91 Å². The smallest absolute Gasteiger partial charge is 0.264 e. The Hall–Kier alpha value is -3.15. The topological polar surface area (TPSA) is 70.7 Å². The molecule has 0 aliphatic carbocycles. The van der Waals surface area contributed by atoms with Gasteiger partial charge in [-0.2, -0.15) is 0 Å². The van der Waals surface area contributed by atoms with Crippen LogP contribution in [0.3, 0.4) is 0 Å². The van der Waals surface area contributed by atoms with Gasteiger partial charge in [0.15, 0.2) is 11.4 Å². The molecule has 1 atom stereocenters. The maximum atomic E-state index is 13.2. The third-order valence-electron chi connectivity index (χ3n) is 5.17. The SMILES string of the molecule is O=C(C=Cc1ccco1)CC1(O)C(=O)N(CCc2ccccc2)c2ccc(Cl)cc21. The highest BCUT2D eigenvalue weighted by molar-refractivity contribution is 6.31. The Balaban J connectivity index is 1.58. The van der Waals surface area contributed by atoms with Crippen LogP contribution in [0.25, 0.3) is 6.08 Å². The first-order valence-corrected chi connectivity index (χ1v) is 9.98. The van der Waals surface area contributed by atoms with Crippen LogP contribution in [-0.2, 0) is 21.6 Å². The summed E-state index contributed by atoms with van der Waals surface area (Å²) in [6.45, 7) is 0.385. The van der Waals surface area contributed by atoms with Gasteiger partial charge in [0, 0.05) is 17.1 Å². The minimum atomic E-state index is -1.96. The van der Waals surface area contributed by atoms with Crippen LogP contribution in [0.5, 0.6) is 0 Å². The predicted octanol–water partition coefficient (Wildman–Crippen LogP) is 4.38. The van der Waals surface area contributed by atoms with E-state index in [4.69, 9.17) is 16.0 Å². The number of carbonyl (C=O) groups is 2.